The molecule has 0 radical (unpaired) electrons. The van der Waals surface area contributed by atoms with E-state index in [0.717, 1.165) is 19.4 Å². The van der Waals surface area contributed by atoms with E-state index in [1.54, 1.807) is 0 Å². The van der Waals surface area contributed by atoms with E-state index in [2.05, 4.69) is 38.8 Å². The molecular weight excluding hydrogens is 300 g/mol. The molecule has 0 aliphatic rings. The third kappa shape index (κ3) is 7.77. The van der Waals surface area contributed by atoms with Gasteiger partial charge in [-0.1, -0.05) is 25.8 Å². The fraction of sp³-hybridized carbons (Fsp3) is 1.00. The summed E-state index contributed by atoms with van der Waals surface area (Å²) in [5, 5.41) is 0. The summed E-state index contributed by atoms with van der Waals surface area (Å²) in [6.45, 7) is 3.01. The maximum Gasteiger partial charge on any atom is 0.177 e. The number of ether oxygens (including phenoxy) is 1. The van der Waals surface area contributed by atoms with Crippen LogP contribution < -0.4 is 0 Å². The summed E-state index contributed by atoms with van der Waals surface area (Å²) in [7, 11) is 1.29. The van der Waals surface area contributed by atoms with Crippen LogP contribution in [0.2, 0.25) is 6.04 Å². The standard InChI is InChI=1S/C8H18Br2OSi/c1-2-3-6-11-8(9,10)5-4-7-12/h2-7H2,1,12H3. The Hall–Kier alpha value is 1.14. The van der Waals surface area contributed by atoms with Crippen LogP contribution in [0.5, 0.6) is 0 Å². The largest absolute Gasteiger partial charge is 0.354 e. The predicted molar refractivity (Wildman–Crippen MR) is 65.4 cm³/mol. The van der Waals surface area contributed by atoms with Gasteiger partial charge in [-0.3, -0.25) is 0 Å². The summed E-state index contributed by atoms with van der Waals surface area (Å²) in [5.74, 6) is 0. The summed E-state index contributed by atoms with van der Waals surface area (Å²) >= 11 is 7.05. The Balaban J connectivity index is 3.42. The normalized spacial score (nSPS) is 12.2. The van der Waals surface area contributed by atoms with Crippen molar-refractivity contribution < 1.29 is 4.74 Å². The van der Waals surface area contributed by atoms with Gasteiger partial charge in [0.15, 0.2) is 3.42 Å². The van der Waals surface area contributed by atoms with Crippen molar-refractivity contribution in [1.82, 2.24) is 0 Å². The molecule has 0 atom stereocenters. The molecule has 1 nitrogen and oxygen atoms in total. The first kappa shape index (κ1) is 13.1. The number of halogens is 2. The lowest BCUT2D eigenvalue weighted by molar-refractivity contribution is 0.0903. The molecule has 12 heavy (non-hydrogen) atoms. The average Bonchev–Trinajstić information content (AvgIpc) is 2.01. The van der Waals surface area contributed by atoms with E-state index in [1.807, 2.05) is 0 Å². The molecule has 4 heteroatoms. The van der Waals surface area contributed by atoms with E-state index in [4.69, 9.17) is 4.74 Å². The highest BCUT2D eigenvalue weighted by Gasteiger charge is 2.21. The van der Waals surface area contributed by atoms with Gasteiger partial charge < -0.3 is 4.74 Å². The van der Waals surface area contributed by atoms with Crippen molar-refractivity contribution in [2.45, 2.75) is 42.1 Å². The van der Waals surface area contributed by atoms with Crippen molar-refractivity contribution >= 4 is 42.1 Å². The van der Waals surface area contributed by atoms with Gasteiger partial charge in [0.05, 0.1) is 0 Å². The summed E-state index contributed by atoms with van der Waals surface area (Å²) in [4.78, 5) is 0. The minimum Gasteiger partial charge on any atom is -0.354 e. The van der Waals surface area contributed by atoms with Crippen LogP contribution in [0, 0.1) is 0 Å². The molecule has 0 spiro atoms. The van der Waals surface area contributed by atoms with Gasteiger partial charge in [0.1, 0.15) is 0 Å². The Labute approximate surface area is 95.3 Å². The summed E-state index contributed by atoms with van der Waals surface area (Å²) < 4.78 is 5.37. The van der Waals surface area contributed by atoms with Crippen molar-refractivity contribution in [2.75, 3.05) is 6.61 Å². The van der Waals surface area contributed by atoms with Crippen LogP contribution in [-0.4, -0.2) is 20.3 Å². The van der Waals surface area contributed by atoms with E-state index in [1.165, 1.54) is 29.1 Å². The van der Waals surface area contributed by atoms with E-state index >= 15 is 0 Å². The van der Waals surface area contributed by atoms with Crippen LogP contribution in [-0.2, 0) is 4.74 Å². The molecule has 0 aliphatic carbocycles. The third-order valence-electron chi connectivity index (χ3n) is 1.63. The fourth-order valence-corrected chi connectivity index (χ4v) is 2.06. The number of alkyl halides is 2. The SMILES string of the molecule is CCCCOC(Br)(Br)CCC[SiH3]. The van der Waals surface area contributed by atoms with Gasteiger partial charge in [0.25, 0.3) is 0 Å². The maximum absolute atomic E-state index is 5.62. The van der Waals surface area contributed by atoms with Crippen LogP contribution in [0.4, 0.5) is 0 Å². The highest BCUT2D eigenvalue weighted by Crippen LogP contribution is 2.33. The molecule has 0 saturated heterocycles. The second kappa shape index (κ2) is 7.53. The Morgan fingerprint density at radius 3 is 2.50 bits per heavy atom. The minimum atomic E-state index is -0.250. The third-order valence-corrected chi connectivity index (χ3v) is 3.59. The molecule has 0 fully saturated rings. The highest BCUT2D eigenvalue weighted by atomic mass is 79.9. The van der Waals surface area contributed by atoms with Gasteiger partial charge in [-0.15, -0.1) is 0 Å². The van der Waals surface area contributed by atoms with Gasteiger partial charge >= 0.3 is 0 Å². The Morgan fingerprint density at radius 2 is 2.00 bits per heavy atom. The predicted octanol–water partition coefficient (Wildman–Crippen LogP) is 2.81. The van der Waals surface area contributed by atoms with E-state index < -0.39 is 0 Å². The fourth-order valence-electron chi connectivity index (χ4n) is 0.821. The van der Waals surface area contributed by atoms with Crippen molar-refractivity contribution in [3.8, 4) is 0 Å². The van der Waals surface area contributed by atoms with Crippen molar-refractivity contribution in [3.63, 3.8) is 0 Å². The van der Waals surface area contributed by atoms with Crippen molar-refractivity contribution in [3.05, 3.63) is 0 Å². The van der Waals surface area contributed by atoms with E-state index in [-0.39, 0.29) is 3.42 Å². The molecule has 0 aromatic heterocycles. The molecule has 0 aliphatic heterocycles. The lowest BCUT2D eigenvalue weighted by Crippen LogP contribution is -2.16. The molecular formula is C8H18Br2OSi. The molecule has 0 bridgehead atoms. The molecule has 0 aromatic carbocycles. The van der Waals surface area contributed by atoms with Gasteiger partial charge in [-0.25, -0.2) is 0 Å². The quantitative estimate of drug-likeness (QED) is 0.398. The lowest BCUT2D eigenvalue weighted by atomic mass is 10.3. The molecule has 0 rings (SSSR count). The topological polar surface area (TPSA) is 9.23 Å². The zero-order valence-electron chi connectivity index (χ0n) is 7.91. The highest BCUT2D eigenvalue weighted by molar-refractivity contribution is 9.25. The first-order chi connectivity index (χ1) is 5.62. The molecule has 0 heterocycles. The van der Waals surface area contributed by atoms with Gasteiger partial charge in [-0.2, -0.15) is 0 Å². The Morgan fingerprint density at radius 1 is 1.33 bits per heavy atom. The Kier molecular flexibility index (Phi) is 8.25. The van der Waals surface area contributed by atoms with Crippen LogP contribution in [0.3, 0.4) is 0 Å². The lowest BCUT2D eigenvalue weighted by Gasteiger charge is -2.20. The maximum atomic E-state index is 5.62. The average molecular weight is 318 g/mol. The van der Waals surface area contributed by atoms with Crippen LogP contribution in [0.15, 0.2) is 0 Å². The second-order valence-electron chi connectivity index (χ2n) is 2.94. The number of hydrogen-bond donors (Lipinski definition) is 0. The smallest absolute Gasteiger partial charge is 0.177 e. The molecule has 0 saturated carbocycles. The second-order valence-corrected chi connectivity index (χ2v) is 7.57. The molecule has 0 N–H and O–H groups in total. The van der Waals surface area contributed by atoms with E-state index in [0.29, 0.717) is 0 Å². The summed E-state index contributed by atoms with van der Waals surface area (Å²) in [5.41, 5.74) is 0. The Bertz CT molecular complexity index is 109. The number of rotatable bonds is 7. The summed E-state index contributed by atoms with van der Waals surface area (Å²) in [6, 6.07) is 1.34. The zero-order valence-corrected chi connectivity index (χ0v) is 13.1. The molecule has 0 aromatic rings. The summed E-state index contributed by atoms with van der Waals surface area (Å²) in [6.07, 6.45) is 4.63. The van der Waals surface area contributed by atoms with Crippen LogP contribution in [0.1, 0.15) is 32.6 Å². The first-order valence-electron chi connectivity index (χ1n) is 4.64. The first-order valence-corrected chi connectivity index (χ1v) is 7.64. The number of unbranched alkanes of at least 4 members (excludes halogenated alkanes) is 1. The minimum absolute atomic E-state index is 0.250. The van der Waals surface area contributed by atoms with Gasteiger partial charge in [0, 0.05) is 16.8 Å². The van der Waals surface area contributed by atoms with Crippen LogP contribution >= 0.6 is 31.9 Å². The van der Waals surface area contributed by atoms with Gasteiger partial charge in [-0.05, 0) is 44.7 Å². The van der Waals surface area contributed by atoms with Crippen LogP contribution in [0.25, 0.3) is 0 Å². The van der Waals surface area contributed by atoms with Crippen molar-refractivity contribution in [2.24, 2.45) is 0 Å². The van der Waals surface area contributed by atoms with E-state index in [9.17, 15) is 0 Å². The number of hydrogen-bond acceptors (Lipinski definition) is 1. The van der Waals surface area contributed by atoms with Gasteiger partial charge in [0.2, 0.25) is 0 Å². The molecule has 0 amide bonds. The molecule has 0 unspecified atom stereocenters. The van der Waals surface area contributed by atoms with Crippen molar-refractivity contribution in [1.29, 1.82) is 0 Å². The monoisotopic (exact) mass is 316 g/mol. The molecule has 74 valence electrons. The zero-order chi connectivity index (χ0) is 9.45.